The second kappa shape index (κ2) is 8.81. The van der Waals surface area contributed by atoms with Crippen LogP contribution in [0.15, 0.2) is 24.3 Å². The van der Waals surface area contributed by atoms with Crippen molar-refractivity contribution in [2.45, 2.75) is 33.2 Å². The number of rotatable bonds is 7. The standard InChI is InChI=1S/C16H22N2O4/c1-11(2)16(21)18-13-6-4-12(5-7-13)10-17-14(19)8-9-15(20)22-3/h4-7,11H,8-10H2,1-3H3,(H,17,19)(H,18,21). The highest BCUT2D eigenvalue weighted by atomic mass is 16.5. The van der Waals surface area contributed by atoms with Crippen LogP contribution in [0.2, 0.25) is 0 Å². The molecule has 2 amide bonds. The van der Waals surface area contributed by atoms with Crippen molar-refractivity contribution in [2.24, 2.45) is 5.92 Å². The average molecular weight is 306 g/mol. The van der Waals surface area contributed by atoms with Crippen LogP contribution in [0.25, 0.3) is 0 Å². The molecule has 0 aromatic heterocycles. The minimum Gasteiger partial charge on any atom is -0.469 e. The van der Waals surface area contributed by atoms with Crippen LogP contribution in [0.3, 0.4) is 0 Å². The molecule has 2 N–H and O–H groups in total. The topological polar surface area (TPSA) is 84.5 Å². The zero-order chi connectivity index (χ0) is 16.5. The van der Waals surface area contributed by atoms with E-state index in [-0.39, 0.29) is 30.6 Å². The molecule has 6 nitrogen and oxygen atoms in total. The number of carbonyl (C=O) groups is 3. The summed E-state index contributed by atoms with van der Waals surface area (Å²) in [4.78, 5) is 34.0. The summed E-state index contributed by atoms with van der Waals surface area (Å²) >= 11 is 0. The van der Waals surface area contributed by atoms with Crippen molar-refractivity contribution in [3.05, 3.63) is 29.8 Å². The molecule has 0 aliphatic rings. The second-order valence-corrected chi connectivity index (χ2v) is 5.19. The van der Waals surface area contributed by atoms with Gasteiger partial charge in [0.25, 0.3) is 0 Å². The molecule has 0 saturated heterocycles. The average Bonchev–Trinajstić information content (AvgIpc) is 2.51. The number of carbonyl (C=O) groups excluding carboxylic acids is 3. The van der Waals surface area contributed by atoms with Crippen LogP contribution in [0.4, 0.5) is 5.69 Å². The van der Waals surface area contributed by atoms with Gasteiger partial charge in [-0.05, 0) is 17.7 Å². The molecular formula is C16H22N2O4. The van der Waals surface area contributed by atoms with Crippen LogP contribution in [-0.2, 0) is 25.7 Å². The van der Waals surface area contributed by atoms with Crippen molar-refractivity contribution >= 4 is 23.5 Å². The molecule has 0 radical (unpaired) electrons. The van der Waals surface area contributed by atoms with Crippen LogP contribution in [0.5, 0.6) is 0 Å². The lowest BCUT2D eigenvalue weighted by Gasteiger charge is -2.09. The summed E-state index contributed by atoms with van der Waals surface area (Å²) in [5.41, 5.74) is 1.63. The van der Waals surface area contributed by atoms with E-state index in [0.29, 0.717) is 6.54 Å². The van der Waals surface area contributed by atoms with E-state index in [1.807, 2.05) is 26.0 Å². The molecule has 1 aromatic carbocycles. The third-order valence-corrected chi connectivity index (χ3v) is 3.02. The number of hydrogen-bond acceptors (Lipinski definition) is 4. The van der Waals surface area contributed by atoms with Crippen molar-refractivity contribution in [1.82, 2.24) is 5.32 Å². The minimum atomic E-state index is -0.402. The number of nitrogens with one attached hydrogen (secondary N) is 2. The molecule has 0 bridgehead atoms. The third-order valence-electron chi connectivity index (χ3n) is 3.02. The first-order valence-corrected chi connectivity index (χ1v) is 7.15. The van der Waals surface area contributed by atoms with Gasteiger partial charge < -0.3 is 15.4 Å². The first-order valence-electron chi connectivity index (χ1n) is 7.15. The van der Waals surface area contributed by atoms with E-state index < -0.39 is 5.97 Å². The first-order chi connectivity index (χ1) is 10.4. The number of anilines is 1. The number of ether oxygens (including phenoxy) is 1. The van der Waals surface area contributed by atoms with Gasteiger partial charge in [-0.1, -0.05) is 26.0 Å². The fourth-order valence-electron chi connectivity index (χ4n) is 1.60. The quantitative estimate of drug-likeness (QED) is 0.753. The predicted molar refractivity (Wildman–Crippen MR) is 83.0 cm³/mol. The van der Waals surface area contributed by atoms with Crippen molar-refractivity contribution in [2.75, 3.05) is 12.4 Å². The fraction of sp³-hybridized carbons (Fsp3) is 0.438. The first kappa shape index (κ1) is 17.7. The van der Waals surface area contributed by atoms with Gasteiger partial charge in [-0.2, -0.15) is 0 Å². The molecule has 6 heteroatoms. The summed E-state index contributed by atoms with van der Waals surface area (Å²) < 4.78 is 4.47. The smallest absolute Gasteiger partial charge is 0.306 e. The molecule has 1 aromatic rings. The Hall–Kier alpha value is -2.37. The molecule has 0 aliphatic carbocycles. The van der Waals surface area contributed by atoms with Crippen LogP contribution in [0, 0.1) is 5.92 Å². The van der Waals surface area contributed by atoms with Gasteiger partial charge in [0.1, 0.15) is 0 Å². The minimum absolute atomic E-state index is 0.0381. The highest BCUT2D eigenvalue weighted by Gasteiger charge is 2.08. The molecule has 0 atom stereocenters. The van der Waals surface area contributed by atoms with E-state index in [4.69, 9.17) is 0 Å². The SMILES string of the molecule is COC(=O)CCC(=O)NCc1ccc(NC(=O)C(C)C)cc1. The van der Waals surface area contributed by atoms with Gasteiger partial charge in [-0.3, -0.25) is 14.4 Å². The lowest BCUT2D eigenvalue weighted by Crippen LogP contribution is -2.23. The van der Waals surface area contributed by atoms with Crippen LogP contribution in [0.1, 0.15) is 32.3 Å². The van der Waals surface area contributed by atoms with Gasteiger partial charge in [0, 0.05) is 24.6 Å². The van der Waals surface area contributed by atoms with Crippen molar-refractivity contribution in [3.8, 4) is 0 Å². The molecule has 1 rings (SSSR count). The monoisotopic (exact) mass is 306 g/mol. The Morgan fingerprint density at radius 2 is 1.73 bits per heavy atom. The Kier molecular flexibility index (Phi) is 7.08. The molecule has 120 valence electrons. The van der Waals surface area contributed by atoms with Gasteiger partial charge in [-0.15, -0.1) is 0 Å². The van der Waals surface area contributed by atoms with E-state index in [1.54, 1.807) is 12.1 Å². The summed E-state index contributed by atoms with van der Waals surface area (Å²) in [5, 5.41) is 5.52. The van der Waals surface area contributed by atoms with Gasteiger partial charge in [0.05, 0.1) is 13.5 Å². The Morgan fingerprint density at radius 3 is 2.27 bits per heavy atom. The molecule has 0 saturated carbocycles. The molecule has 0 aliphatic heterocycles. The number of esters is 1. The number of benzene rings is 1. The molecule has 0 heterocycles. The van der Waals surface area contributed by atoms with Crippen LogP contribution in [-0.4, -0.2) is 24.9 Å². The lowest BCUT2D eigenvalue weighted by molar-refractivity contribution is -0.142. The maximum atomic E-state index is 11.6. The van der Waals surface area contributed by atoms with Gasteiger partial charge in [-0.25, -0.2) is 0 Å². The van der Waals surface area contributed by atoms with Crippen LogP contribution >= 0.6 is 0 Å². The fourth-order valence-corrected chi connectivity index (χ4v) is 1.60. The molecular weight excluding hydrogens is 284 g/mol. The Morgan fingerprint density at radius 1 is 1.09 bits per heavy atom. The largest absolute Gasteiger partial charge is 0.469 e. The van der Waals surface area contributed by atoms with E-state index in [9.17, 15) is 14.4 Å². The Balaban J connectivity index is 2.39. The maximum Gasteiger partial charge on any atom is 0.306 e. The van der Waals surface area contributed by atoms with Crippen molar-refractivity contribution in [3.63, 3.8) is 0 Å². The number of amides is 2. The van der Waals surface area contributed by atoms with E-state index >= 15 is 0 Å². The number of methoxy groups -OCH3 is 1. The molecule has 0 unspecified atom stereocenters. The van der Waals surface area contributed by atoms with Gasteiger partial charge in [0.15, 0.2) is 0 Å². The zero-order valence-corrected chi connectivity index (χ0v) is 13.1. The summed E-state index contributed by atoms with van der Waals surface area (Å²) in [6.07, 6.45) is 0.178. The summed E-state index contributed by atoms with van der Waals surface area (Å²) in [7, 11) is 1.29. The number of hydrogen-bond donors (Lipinski definition) is 2. The molecule has 22 heavy (non-hydrogen) atoms. The van der Waals surface area contributed by atoms with Crippen molar-refractivity contribution < 1.29 is 19.1 Å². The zero-order valence-electron chi connectivity index (χ0n) is 13.1. The third kappa shape index (κ3) is 6.39. The highest BCUT2D eigenvalue weighted by molar-refractivity contribution is 5.92. The van der Waals surface area contributed by atoms with Gasteiger partial charge in [0.2, 0.25) is 11.8 Å². The Labute approximate surface area is 130 Å². The Bertz CT molecular complexity index is 523. The summed E-state index contributed by atoms with van der Waals surface area (Å²) in [6, 6.07) is 7.24. The summed E-state index contributed by atoms with van der Waals surface area (Å²) in [6.45, 7) is 4.03. The highest BCUT2D eigenvalue weighted by Crippen LogP contribution is 2.11. The lowest BCUT2D eigenvalue weighted by atomic mass is 10.1. The van der Waals surface area contributed by atoms with Crippen molar-refractivity contribution in [1.29, 1.82) is 0 Å². The van der Waals surface area contributed by atoms with E-state index in [0.717, 1.165) is 11.3 Å². The normalized spacial score (nSPS) is 10.2. The van der Waals surface area contributed by atoms with E-state index in [2.05, 4.69) is 15.4 Å². The molecule has 0 spiro atoms. The van der Waals surface area contributed by atoms with Crippen LogP contribution < -0.4 is 10.6 Å². The second-order valence-electron chi connectivity index (χ2n) is 5.19. The van der Waals surface area contributed by atoms with Gasteiger partial charge >= 0.3 is 5.97 Å². The molecule has 0 fully saturated rings. The maximum absolute atomic E-state index is 11.6. The summed E-state index contributed by atoms with van der Waals surface area (Å²) in [5.74, 6) is -0.722. The van der Waals surface area contributed by atoms with E-state index in [1.165, 1.54) is 7.11 Å². The predicted octanol–water partition coefficient (Wildman–Crippen LogP) is 1.85.